The van der Waals surface area contributed by atoms with Gasteiger partial charge < -0.3 is 20.1 Å². The fourth-order valence-corrected chi connectivity index (χ4v) is 3.74. The zero-order valence-corrected chi connectivity index (χ0v) is 19.0. The van der Waals surface area contributed by atoms with Gasteiger partial charge in [-0.2, -0.15) is 0 Å². The molecular weight excluding hydrogens is 442 g/mol. The second kappa shape index (κ2) is 11.2. The Bertz CT molecular complexity index is 1110. The summed E-state index contributed by atoms with van der Waals surface area (Å²) in [5.41, 5.74) is 3.83. The highest BCUT2D eigenvalue weighted by atomic mass is 19.1. The summed E-state index contributed by atoms with van der Waals surface area (Å²) in [5, 5.41) is 28.9. The first-order valence-electron chi connectivity index (χ1n) is 11.0. The molecule has 2 atom stereocenters. The van der Waals surface area contributed by atoms with Crippen LogP contribution in [0, 0.1) is 11.6 Å². The van der Waals surface area contributed by atoms with Gasteiger partial charge in [0.05, 0.1) is 18.6 Å². The molecular formula is C27H28F2O5. The van der Waals surface area contributed by atoms with E-state index in [1.165, 1.54) is 24.3 Å². The van der Waals surface area contributed by atoms with Crippen LogP contribution in [0.15, 0.2) is 60.7 Å². The summed E-state index contributed by atoms with van der Waals surface area (Å²) in [7, 11) is 0. The number of carboxylic acid groups (broad SMARTS) is 1. The molecule has 34 heavy (non-hydrogen) atoms. The summed E-state index contributed by atoms with van der Waals surface area (Å²) in [6.07, 6.45) is -2.91. The Balaban J connectivity index is 2.01. The molecule has 0 fully saturated rings. The first-order chi connectivity index (χ1) is 16.1. The van der Waals surface area contributed by atoms with Gasteiger partial charge in [-0.1, -0.05) is 38.1 Å². The Kier molecular flexibility index (Phi) is 8.36. The third-order valence-corrected chi connectivity index (χ3v) is 5.45. The van der Waals surface area contributed by atoms with Crippen molar-refractivity contribution in [1.82, 2.24) is 0 Å². The number of aliphatic hydroxyl groups excluding tert-OH is 2. The molecule has 7 heteroatoms. The fraction of sp³-hybridized carbons (Fsp3) is 0.296. The normalized spacial score (nSPS) is 13.0. The SMILES string of the molecule is CC(C)c1cc(-c2ccc(F)cc2)cc(-c2ccc(F)cc2)c1OC[C@@H](O)C[C@@H](O)CC(=O)O. The number of halogens is 2. The monoisotopic (exact) mass is 470 g/mol. The van der Waals surface area contributed by atoms with Crippen LogP contribution in [0.3, 0.4) is 0 Å². The van der Waals surface area contributed by atoms with Gasteiger partial charge in [-0.05, 0) is 64.6 Å². The number of rotatable bonds is 10. The minimum Gasteiger partial charge on any atom is -0.490 e. The summed E-state index contributed by atoms with van der Waals surface area (Å²) < 4.78 is 33.1. The molecule has 0 aliphatic heterocycles. The topological polar surface area (TPSA) is 87.0 Å². The van der Waals surface area contributed by atoms with Crippen molar-refractivity contribution >= 4 is 5.97 Å². The predicted molar refractivity (Wildman–Crippen MR) is 126 cm³/mol. The molecule has 0 aliphatic rings. The molecule has 0 radical (unpaired) electrons. The highest BCUT2D eigenvalue weighted by Gasteiger charge is 2.20. The average molecular weight is 471 g/mol. The average Bonchev–Trinajstić information content (AvgIpc) is 2.77. The van der Waals surface area contributed by atoms with E-state index in [-0.39, 0.29) is 30.6 Å². The van der Waals surface area contributed by atoms with E-state index >= 15 is 0 Å². The first-order valence-corrected chi connectivity index (χ1v) is 11.0. The van der Waals surface area contributed by atoms with Gasteiger partial charge >= 0.3 is 5.97 Å². The number of carbonyl (C=O) groups is 1. The maximum absolute atomic E-state index is 13.6. The number of hydrogen-bond donors (Lipinski definition) is 3. The van der Waals surface area contributed by atoms with Crippen LogP contribution < -0.4 is 4.74 Å². The molecule has 0 saturated carbocycles. The minimum atomic E-state index is -1.20. The molecule has 3 aromatic rings. The maximum Gasteiger partial charge on any atom is 0.305 e. The molecule has 3 rings (SSSR count). The third-order valence-electron chi connectivity index (χ3n) is 5.45. The second-order valence-corrected chi connectivity index (χ2v) is 8.56. The third kappa shape index (κ3) is 6.62. The zero-order chi connectivity index (χ0) is 24.8. The van der Waals surface area contributed by atoms with Crippen LogP contribution in [-0.2, 0) is 4.79 Å². The van der Waals surface area contributed by atoms with Gasteiger partial charge in [0.25, 0.3) is 0 Å². The number of aliphatic carboxylic acids is 1. The number of hydrogen-bond acceptors (Lipinski definition) is 4. The zero-order valence-electron chi connectivity index (χ0n) is 19.0. The highest BCUT2D eigenvalue weighted by molar-refractivity contribution is 5.80. The maximum atomic E-state index is 13.6. The molecule has 180 valence electrons. The molecule has 0 saturated heterocycles. The quantitative estimate of drug-likeness (QED) is 0.370. The second-order valence-electron chi connectivity index (χ2n) is 8.56. The van der Waals surface area contributed by atoms with Gasteiger partial charge in [0.2, 0.25) is 0 Å². The lowest BCUT2D eigenvalue weighted by atomic mass is 9.90. The lowest BCUT2D eigenvalue weighted by Crippen LogP contribution is -2.25. The molecule has 0 amide bonds. The smallest absolute Gasteiger partial charge is 0.305 e. The van der Waals surface area contributed by atoms with E-state index < -0.39 is 24.6 Å². The van der Waals surface area contributed by atoms with Gasteiger partial charge in [-0.25, -0.2) is 8.78 Å². The van der Waals surface area contributed by atoms with E-state index in [9.17, 15) is 23.8 Å². The van der Waals surface area contributed by atoms with Crippen molar-refractivity contribution in [2.24, 2.45) is 0 Å². The number of benzene rings is 3. The summed E-state index contributed by atoms with van der Waals surface area (Å²) in [5.74, 6) is -1.36. The van der Waals surface area contributed by atoms with E-state index in [0.29, 0.717) is 16.9 Å². The standard InChI is InChI=1S/C27H28F2O5/c1-16(2)24-11-19(17-3-7-20(28)8-4-17)12-25(18-5-9-21(29)10-6-18)27(24)34-15-23(31)13-22(30)14-26(32)33/h3-12,16,22-23,30-31H,13-15H2,1-2H3,(H,32,33)/t22-,23+/m1/s1. The van der Waals surface area contributed by atoms with E-state index in [1.807, 2.05) is 26.0 Å². The fourth-order valence-electron chi connectivity index (χ4n) is 3.74. The van der Waals surface area contributed by atoms with E-state index in [2.05, 4.69) is 0 Å². The van der Waals surface area contributed by atoms with E-state index in [4.69, 9.17) is 9.84 Å². The van der Waals surface area contributed by atoms with Crippen molar-refractivity contribution < 1.29 is 33.6 Å². The molecule has 3 aromatic carbocycles. The van der Waals surface area contributed by atoms with Crippen LogP contribution >= 0.6 is 0 Å². The van der Waals surface area contributed by atoms with Crippen molar-refractivity contribution in [3.63, 3.8) is 0 Å². The molecule has 3 N–H and O–H groups in total. The van der Waals surface area contributed by atoms with Crippen LogP contribution in [0.25, 0.3) is 22.3 Å². The van der Waals surface area contributed by atoms with Gasteiger partial charge in [-0.3, -0.25) is 4.79 Å². The molecule has 5 nitrogen and oxygen atoms in total. The number of aliphatic hydroxyl groups is 2. The van der Waals surface area contributed by atoms with E-state index in [0.717, 1.165) is 16.7 Å². The minimum absolute atomic E-state index is 0.0179. The van der Waals surface area contributed by atoms with Crippen molar-refractivity contribution in [1.29, 1.82) is 0 Å². The van der Waals surface area contributed by atoms with Gasteiger partial charge in [0.1, 0.15) is 24.0 Å². The molecule has 0 bridgehead atoms. The summed E-state index contributed by atoms with van der Waals surface area (Å²) in [4.78, 5) is 10.8. The molecule has 0 spiro atoms. The molecule has 0 unspecified atom stereocenters. The van der Waals surface area contributed by atoms with Gasteiger partial charge in [-0.15, -0.1) is 0 Å². The summed E-state index contributed by atoms with van der Waals surface area (Å²) in [6, 6.07) is 15.9. The van der Waals surface area contributed by atoms with Crippen molar-refractivity contribution in [2.75, 3.05) is 6.61 Å². The number of carboxylic acids is 1. The first kappa shape index (κ1) is 25.3. The van der Waals surface area contributed by atoms with Crippen LogP contribution in [0.5, 0.6) is 5.75 Å². The van der Waals surface area contributed by atoms with Crippen molar-refractivity contribution in [2.45, 2.75) is 44.8 Å². The lowest BCUT2D eigenvalue weighted by Gasteiger charge is -2.22. The largest absolute Gasteiger partial charge is 0.490 e. The van der Waals surface area contributed by atoms with Gasteiger partial charge in [0.15, 0.2) is 0 Å². The molecule has 0 aromatic heterocycles. The Labute approximate surface area is 197 Å². The van der Waals surface area contributed by atoms with Crippen LogP contribution in [0.2, 0.25) is 0 Å². The van der Waals surface area contributed by atoms with E-state index in [1.54, 1.807) is 24.3 Å². The van der Waals surface area contributed by atoms with Crippen LogP contribution in [0.4, 0.5) is 8.78 Å². The Hall–Kier alpha value is -3.29. The Morgan fingerprint density at radius 3 is 1.94 bits per heavy atom. The highest BCUT2D eigenvalue weighted by Crippen LogP contribution is 2.41. The van der Waals surface area contributed by atoms with Crippen LogP contribution in [-0.4, -0.2) is 40.1 Å². The molecule has 0 aliphatic carbocycles. The predicted octanol–water partition coefficient (Wildman–Crippen LogP) is 5.39. The Morgan fingerprint density at radius 1 is 0.853 bits per heavy atom. The molecule has 0 heterocycles. The lowest BCUT2D eigenvalue weighted by molar-refractivity contribution is -0.139. The summed E-state index contributed by atoms with van der Waals surface area (Å²) >= 11 is 0. The summed E-state index contributed by atoms with van der Waals surface area (Å²) in [6.45, 7) is 3.80. The van der Waals surface area contributed by atoms with Gasteiger partial charge in [0, 0.05) is 12.0 Å². The van der Waals surface area contributed by atoms with Crippen molar-refractivity contribution in [3.8, 4) is 28.0 Å². The Morgan fingerprint density at radius 2 is 1.41 bits per heavy atom. The number of ether oxygens (including phenoxy) is 1. The van der Waals surface area contributed by atoms with Crippen LogP contribution in [0.1, 0.15) is 38.2 Å². The van der Waals surface area contributed by atoms with Crippen molar-refractivity contribution in [3.05, 3.63) is 77.9 Å².